The van der Waals surface area contributed by atoms with Gasteiger partial charge in [-0.15, -0.1) is 0 Å². The zero-order valence-corrected chi connectivity index (χ0v) is 20.8. The van der Waals surface area contributed by atoms with Crippen molar-refractivity contribution in [3.63, 3.8) is 0 Å². The second-order valence-corrected chi connectivity index (χ2v) is 9.71. The lowest BCUT2D eigenvalue weighted by Crippen LogP contribution is -2.37. The lowest BCUT2D eigenvalue weighted by Gasteiger charge is -2.31. The molecule has 0 bridgehead atoms. The molecule has 0 N–H and O–H groups in total. The summed E-state index contributed by atoms with van der Waals surface area (Å²) in [6.07, 6.45) is 19.3. The van der Waals surface area contributed by atoms with Crippen molar-refractivity contribution < 1.29 is 19.1 Å². The fourth-order valence-corrected chi connectivity index (χ4v) is 4.60. The molecule has 4 heteroatoms. The summed E-state index contributed by atoms with van der Waals surface area (Å²) in [4.78, 5) is 25.4. The number of hydrogen-bond acceptors (Lipinski definition) is 4. The van der Waals surface area contributed by atoms with Gasteiger partial charge >= 0.3 is 11.9 Å². The van der Waals surface area contributed by atoms with Crippen LogP contribution < -0.4 is 0 Å². The van der Waals surface area contributed by atoms with E-state index in [1.807, 2.05) is 0 Å². The molecule has 1 fully saturated rings. The van der Waals surface area contributed by atoms with E-state index in [9.17, 15) is 9.59 Å². The van der Waals surface area contributed by atoms with E-state index in [4.69, 9.17) is 9.47 Å². The third-order valence-corrected chi connectivity index (χ3v) is 6.70. The largest absolute Gasteiger partial charge is 0.465 e. The third kappa shape index (κ3) is 13.2. The molecule has 0 heterocycles. The summed E-state index contributed by atoms with van der Waals surface area (Å²) in [5.74, 6) is -0.549. The van der Waals surface area contributed by atoms with E-state index >= 15 is 0 Å². The molecule has 1 aliphatic rings. The van der Waals surface area contributed by atoms with Gasteiger partial charge in [-0.3, -0.25) is 9.59 Å². The van der Waals surface area contributed by atoms with E-state index in [0.29, 0.717) is 19.1 Å². The maximum Gasteiger partial charge on any atom is 0.309 e. The summed E-state index contributed by atoms with van der Waals surface area (Å²) in [6.45, 7) is 7.58. The van der Waals surface area contributed by atoms with Gasteiger partial charge in [0.2, 0.25) is 0 Å². The van der Waals surface area contributed by atoms with Crippen molar-refractivity contribution >= 4 is 11.9 Å². The molecule has 4 nitrogen and oxygen atoms in total. The van der Waals surface area contributed by atoms with E-state index in [1.54, 1.807) is 0 Å². The number of unbranched alkanes of at least 4 members (excludes halogenated alkanes) is 12. The first-order chi connectivity index (χ1) is 15.1. The molecule has 182 valence electrons. The Hall–Kier alpha value is -1.06. The lowest BCUT2D eigenvalue weighted by atomic mass is 9.74. The zero-order chi connectivity index (χ0) is 22.7. The maximum absolute atomic E-state index is 12.7. The molecule has 3 atom stereocenters. The van der Waals surface area contributed by atoms with Gasteiger partial charge in [-0.05, 0) is 38.0 Å². The van der Waals surface area contributed by atoms with Crippen LogP contribution in [0.5, 0.6) is 0 Å². The minimum absolute atomic E-state index is 0.184. The molecule has 0 amide bonds. The first kappa shape index (κ1) is 28.0. The highest BCUT2D eigenvalue weighted by molar-refractivity contribution is 5.82. The first-order valence-corrected chi connectivity index (χ1v) is 13.4. The Morgan fingerprint density at radius 2 is 1.03 bits per heavy atom. The predicted octanol–water partition coefficient (Wildman–Crippen LogP) is 7.63. The monoisotopic (exact) mass is 438 g/mol. The summed E-state index contributed by atoms with van der Waals surface area (Å²) in [5.41, 5.74) is 0. The van der Waals surface area contributed by atoms with Gasteiger partial charge < -0.3 is 9.47 Å². The fraction of sp³-hybridized carbons (Fsp3) is 0.926. The van der Waals surface area contributed by atoms with Crippen LogP contribution in [0.3, 0.4) is 0 Å². The minimum atomic E-state index is -0.324. The van der Waals surface area contributed by atoms with Gasteiger partial charge in [-0.25, -0.2) is 0 Å². The average Bonchev–Trinajstić information content (AvgIpc) is 2.77. The van der Waals surface area contributed by atoms with Gasteiger partial charge in [0, 0.05) is 0 Å². The molecular formula is C27H50O4. The third-order valence-electron chi connectivity index (χ3n) is 6.70. The number of rotatable bonds is 18. The Labute approximate surface area is 192 Å². The predicted molar refractivity (Wildman–Crippen MR) is 128 cm³/mol. The number of ether oxygens (including phenoxy) is 2. The highest BCUT2D eigenvalue weighted by atomic mass is 16.5. The van der Waals surface area contributed by atoms with Crippen LogP contribution >= 0.6 is 0 Å². The summed E-state index contributed by atoms with van der Waals surface area (Å²) in [6, 6.07) is 0. The van der Waals surface area contributed by atoms with Crippen LogP contribution in [0.1, 0.15) is 130 Å². The Morgan fingerprint density at radius 3 is 1.52 bits per heavy atom. The van der Waals surface area contributed by atoms with Gasteiger partial charge in [0.25, 0.3) is 0 Å². The van der Waals surface area contributed by atoms with E-state index < -0.39 is 0 Å². The Bertz CT molecular complexity index is 462. The van der Waals surface area contributed by atoms with Crippen molar-refractivity contribution in [2.24, 2.45) is 17.8 Å². The van der Waals surface area contributed by atoms with Gasteiger partial charge in [0.05, 0.1) is 25.0 Å². The highest BCUT2D eigenvalue weighted by Gasteiger charge is 2.40. The van der Waals surface area contributed by atoms with Gasteiger partial charge in [-0.1, -0.05) is 97.8 Å². The quantitative estimate of drug-likeness (QED) is 0.163. The number of hydrogen-bond donors (Lipinski definition) is 0. The van der Waals surface area contributed by atoms with Crippen LogP contribution in [0.15, 0.2) is 0 Å². The van der Waals surface area contributed by atoms with Crippen LogP contribution in [0.4, 0.5) is 0 Å². The van der Waals surface area contributed by atoms with Crippen molar-refractivity contribution in [1.82, 2.24) is 0 Å². The second-order valence-electron chi connectivity index (χ2n) is 9.71. The molecule has 1 rings (SSSR count). The molecule has 0 saturated heterocycles. The Morgan fingerprint density at radius 1 is 0.613 bits per heavy atom. The molecule has 0 spiro atoms. The molecule has 31 heavy (non-hydrogen) atoms. The van der Waals surface area contributed by atoms with Gasteiger partial charge in [-0.2, -0.15) is 0 Å². The lowest BCUT2D eigenvalue weighted by molar-refractivity contribution is -0.163. The number of carbonyl (C=O) groups is 2. The molecule has 0 radical (unpaired) electrons. The van der Waals surface area contributed by atoms with Crippen molar-refractivity contribution in [2.45, 2.75) is 130 Å². The summed E-state index contributed by atoms with van der Waals surface area (Å²) in [7, 11) is 0. The van der Waals surface area contributed by atoms with Crippen LogP contribution in [0.2, 0.25) is 0 Å². The van der Waals surface area contributed by atoms with E-state index in [0.717, 1.165) is 44.9 Å². The first-order valence-electron chi connectivity index (χ1n) is 13.4. The van der Waals surface area contributed by atoms with Crippen LogP contribution in [-0.2, 0) is 19.1 Å². The number of esters is 2. The number of carbonyl (C=O) groups excluding carboxylic acids is 2. The van der Waals surface area contributed by atoms with Crippen molar-refractivity contribution in [1.29, 1.82) is 0 Å². The standard InChI is InChI=1S/C27H50O4/c1-4-6-8-10-12-14-16-20-30-26(28)24-19-18-23(3)22-25(24)27(29)31-21-17-15-13-11-9-7-5-2/h23-25H,4-22H2,1-3H3. The van der Waals surface area contributed by atoms with Crippen LogP contribution in [-0.4, -0.2) is 25.2 Å². The van der Waals surface area contributed by atoms with Gasteiger partial charge in [0.15, 0.2) is 0 Å². The molecule has 0 aromatic rings. The summed E-state index contributed by atoms with van der Waals surface area (Å²) >= 11 is 0. The van der Waals surface area contributed by atoms with Crippen molar-refractivity contribution in [2.75, 3.05) is 13.2 Å². The fourth-order valence-electron chi connectivity index (χ4n) is 4.60. The van der Waals surface area contributed by atoms with Crippen LogP contribution in [0.25, 0.3) is 0 Å². The highest BCUT2D eigenvalue weighted by Crippen LogP contribution is 2.35. The molecule has 0 aromatic carbocycles. The molecule has 0 aliphatic heterocycles. The van der Waals surface area contributed by atoms with E-state index in [1.165, 1.54) is 64.2 Å². The molecule has 1 aliphatic carbocycles. The maximum atomic E-state index is 12.7. The van der Waals surface area contributed by atoms with Gasteiger partial charge in [0.1, 0.15) is 0 Å². The Kier molecular flexibility index (Phi) is 16.7. The molecule has 3 unspecified atom stereocenters. The molecule has 1 saturated carbocycles. The smallest absolute Gasteiger partial charge is 0.309 e. The Balaban J connectivity index is 2.26. The normalized spacial score (nSPS) is 21.1. The van der Waals surface area contributed by atoms with Crippen molar-refractivity contribution in [3.8, 4) is 0 Å². The van der Waals surface area contributed by atoms with Crippen molar-refractivity contribution in [3.05, 3.63) is 0 Å². The summed E-state index contributed by atoms with van der Waals surface area (Å²) in [5, 5.41) is 0. The second kappa shape index (κ2) is 18.5. The molecular weight excluding hydrogens is 388 g/mol. The average molecular weight is 439 g/mol. The topological polar surface area (TPSA) is 52.6 Å². The van der Waals surface area contributed by atoms with Crippen LogP contribution in [0, 0.1) is 17.8 Å². The van der Waals surface area contributed by atoms with E-state index in [-0.39, 0.29) is 23.8 Å². The zero-order valence-electron chi connectivity index (χ0n) is 20.8. The van der Waals surface area contributed by atoms with E-state index in [2.05, 4.69) is 20.8 Å². The molecule has 0 aromatic heterocycles. The minimum Gasteiger partial charge on any atom is -0.465 e. The SMILES string of the molecule is CCCCCCCCCOC(=O)C1CCC(C)CC1C(=O)OCCCCCCCCC. The summed E-state index contributed by atoms with van der Waals surface area (Å²) < 4.78 is 11.1.